The number of nitrogens with one attached hydrogen (secondary N) is 1. The van der Waals surface area contributed by atoms with Crippen LogP contribution in [0.4, 0.5) is 0 Å². The zero-order valence-corrected chi connectivity index (χ0v) is 8.56. The number of nitrogens with zero attached hydrogens (tertiary/aromatic N) is 4. The molecule has 0 aliphatic heterocycles. The van der Waals surface area contributed by atoms with E-state index in [1.807, 2.05) is 0 Å². The Morgan fingerprint density at radius 1 is 1.60 bits per heavy atom. The number of hydroxylamine groups is 1. The Kier molecular flexibility index (Phi) is 2.29. The van der Waals surface area contributed by atoms with Gasteiger partial charge in [0.25, 0.3) is 11.7 Å². The monoisotopic (exact) mass is 225 g/mol. The first-order chi connectivity index (χ1) is 7.11. The number of hydrogen-bond donors (Lipinski definition) is 3. The molecule has 0 radical (unpaired) electrons. The van der Waals surface area contributed by atoms with Gasteiger partial charge < -0.3 is 0 Å². The SMILES string of the molecule is Cc1nc2nc(C(=O)NO)cc(S)n2n1. The van der Waals surface area contributed by atoms with Gasteiger partial charge in [-0.25, -0.2) is 10.5 Å². The van der Waals surface area contributed by atoms with Gasteiger partial charge in [0.1, 0.15) is 16.5 Å². The number of amides is 1. The average Bonchev–Trinajstić information content (AvgIpc) is 2.58. The molecule has 0 saturated heterocycles. The fraction of sp³-hybridized carbons (Fsp3) is 0.143. The van der Waals surface area contributed by atoms with Crippen molar-refractivity contribution in [3.63, 3.8) is 0 Å². The Labute approximate surface area is 89.5 Å². The molecule has 2 aromatic rings. The van der Waals surface area contributed by atoms with E-state index >= 15 is 0 Å². The van der Waals surface area contributed by atoms with Crippen molar-refractivity contribution in [3.05, 3.63) is 17.6 Å². The number of aromatic nitrogens is 4. The van der Waals surface area contributed by atoms with Crippen molar-refractivity contribution in [2.45, 2.75) is 11.9 Å². The van der Waals surface area contributed by atoms with Crippen LogP contribution in [0.3, 0.4) is 0 Å². The van der Waals surface area contributed by atoms with Crippen LogP contribution in [0, 0.1) is 6.92 Å². The van der Waals surface area contributed by atoms with Gasteiger partial charge >= 0.3 is 0 Å². The maximum atomic E-state index is 11.1. The number of hydrogen-bond acceptors (Lipinski definition) is 6. The highest BCUT2D eigenvalue weighted by Crippen LogP contribution is 2.09. The van der Waals surface area contributed by atoms with Crippen LogP contribution < -0.4 is 5.48 Å². The predicted octanol–water partition coefficient (Wildman–Crippen LogP) is -0.160. The fourth-order valence-corrected chi connectivity index (χ4v) is 1.38. The van der Waals surface area contributed by atoms with Gasteiger partial charge in [0.05, 0.1) is 0 Å². The van der Waals surface area contributed by atoms with Crippen molar-refractivity contribution in [3.8, 4) is 0 Å². The third-order valence-electron chi connectivity index (χ3n) is 1.73. The highest BCUT2D eigenvalue weighted by Gasteiger charge is 2.11. The predicted molar refractivity (Wildman–Crippen MR) is 52.0 cm³/mol. The van der Waals surface area contributed by atoms with Crippen molar-refractivity contribution < 1.29 is 10.0 Å². The van der Waals surface area contributed by atoms with Gasteiger partial charge in [0.2, 0.25) is 0 Å². The average molecular weight is 225 g/mol. The molecule has 7 nitrogen and oxygen atoms in total. The maximum absolute atomic E-state index is 11.1. The third kappa shape index (κ3) is 1.64. The minimum absolute atomic E-state index is 0.0300. The molecular weight excluding hydrogens is 218 g/mol. The lowest BCUT2D eigenvalue weighted by molar-refractivity contribution is 0.0700. The minimum Gasteiger partial charge on any atom is -0.288 e. The van der Waals surface area contributed by atoms with Crippen LogP contribution in [-0.2, 0) is 0 Å². The van der Waals surface area contributed by atoms with Crippen molar-refractivity contribution in [2.75, 3.05) is 0 Å². The molecule has 2 aromatic heterocycles. The number of carbonyl (C=O) groups excluding carboxylic acids is 1. The lowest BCUT2D eigenvalue weighted by Crippen LogP contribution is -2.20. The van der Waals surface area contributed by atoms with E-state index in [-0.39, 0.29) is 11.5 Å². The van der Waals surface area contributed by atoms with E-state index in [4.69, 9.17) is 5.21 Å². The second-order valence-electron chi connectivity index (χ2n) is 2.81. The fourth-order valence-electron chi connectivity index (χ4n) is 1.13. The topological polar surface area (TPSA) is 92.4 Å². The molecular formula is C7H7N5O2S. The van der Waals surface area contributed by atoms with Gasteiger partial charge in [-0.05, 0) is 6.92 Å². The lowest BCUT2D eigenvalue weighted by Gasteiger charge is -2.00. The van der Waals surface area contributed by atoms with E-state index in [0.29, 0.717) is 10.9 Å². The Morgan fingerprint density at radius 3 is 3.00 bits per heavy atom. The van der Waals surface area contributed by atoms with Crippen LogP contribution in [0.15, 0.2) is 11.1 Å². The first-order valence-electron chi connectivity index (χ1n) is 3.99. The van der Waals surface area contributed by atoms with E-state index in [2.05, 4.69) is 27.7 Å². The first-order valence-corrected chi connectivity index (χ1v) is 4.44. The molecule has 2 N–H and O–H groups in total. The molecule has 0 aliphatic rings. The molecule has 0 bridgehead atoms. The summed E-state index contributed by atoms with van der Waals surface area (Å²) in [6.07, 6.45) is 0. The van der Waals surface area contributed by atoms with E-state index < -0.39 is 5.91 Å². The summed E-state index contributed by atoms with van der Waals surface area (Å²) in [6.45, 7) is 1.70. The number of aryl methyl sites for hydroxylation is 1. The smallest absolute Gasteiger partial charge is 0.288 e. The number of rotatable bonds is 1. The largest absolute Gasteiger partial charge is 0.293 e. The van der Waals surface area contributed by atoms with Gasteiger partial charge in [0, 0.05) is 6.07 Å². The van der Waals surface area contributed by atoms with Crippen LogP contribution in [0.1, 0.15) is 16.3 Å². The molecule has 0 spiro atoms. The summed E-state index contributed by atoms with van der Waals surface area (Å²) in [6, 6.07) is 1.38. The summed E-state index contributed by atoms with van der Waals surface area (Å²) in [5, 5.41) is 12.9. The van der Waals surface area contributed by atoms with Gasteiger partial charge in [0.15, 0.2) is 0 Å². The molecule has 0 aliphatic carbocycles. The summed E-state index contributed by atoms with van der Waals surface area (Å²) < 4.78 is 1.40. The highest BCUT2D eigenvalue weighted by atomic mass is 32.1. The van der Waals surface area contributed by atoms with E-state index in [9.17, 15) is 4.79 Å². The van der Waals surface area contributed by atoms with E-state index in [0.717, 1.165) is 0 Å². The Bertz CT molecular complexity index is 537. The summed E-state index contributed by atoms with van der Waals surface area (Å²) in [4.78, 5) is 19.0. The summed E-state index contributed by atoms with van der Waals surface area (Å²) in [5.74, 6) is 0.0754. The molecule has 8 heteroatoms. The maximum Gasteiger partial charge on any atom is 0.293 e. The second kappa shape index (κ2) is 3.48. The molecule has 1 amide bonds. The van der Waals surface area contributed by atoms with Gasteiger partial charge in [-0.15, -0.1) is 17.7 Å². The molecule has 0 unspecified atom stereocenters. The molecule has 0 saturated carbocycles. The third-order valence-corrected chi connectivity index (χ3v) is 2.05. The van der Waals surface area contributed by atoms with Crippen LogP contribution in [-0.4, -0.2) is 30.7 Å². The molecule has 78 valence electrons. The molecule has 0 atom stereocenters. The summed E-state index contributed by atoms with van der Waals surface area (Å²) >= 11 is 4.13. The lowest BCUT2D eigenvalue weighted by atomic mass is 10.4. The number of thiol groups is 1. The Morgan fingerprint density at radius 2 is 2.33 bits per heavy atom. The Balaban J connectivity index is 2.66. The number of fused-ring (bicyclic) bond motifs is 1. The molecule has 2 heterocycles. The summed E-state index contributed by atoms with van der Waals surface area (Å²) in [7, 11) is 0. The summed E-state index contributed by atoms with van der Waals surface area (Å²) in [5.41, 5.74) is 1.52. The van der Waals surface area contributed by atoms with E-state index in [1.165, 1.54) is 16.1 Å². The molecule has 2 rings (SSSR count). The second-order valence-corrected chi connectivity index (χ2v) is 3.27. The quantitative estimate of drug-likeness (QED) is 0.271. The zero-order chi connectivity index (χ0) is 11.0. The minimum atomic E-state index is -0.714. The van der Waals surface area contributed by atoms with Crippen LogP contribution in [0.2, 0.25) is 0 Å². The molecule has 0 fully saturated rings. The standard InChI is InChI=1S/C7H7N5O2S/c1-3-8-7-9-4(6(13)11-14)2-5(15)12(7)10-3/h2,14-15H,1H3,(H,11,13). The zero-order valence-electron chi connectivity index (χ0n) is 7.67. The highest BCUT2D eigenvalue weighted by molar-refractivity contribution is 7.80. The van der Waals surface area contributed by atoms with Gasteiger partial charge in [-0.3, -0.25) is 10.0 Å². The van der Waals surface area contributed by atoms with Crippen LogP contribution in [0.25, 0.3) is 5.78 Å². The molecule has 15 heavy (non-hydrogen) atoms. The normalized spacial score (nSPS) is 10.6. The van der Waals surface area contributed by atoms with E-state index in [1.54, 1.807) is 6.92 Å². The van der Waals surface area contributed by atoms with Gasteiger partial charge in [-0.2, -0.15) is 9.50 Å². The van der Waals surface area contributed by atoms with Crippen LogP contribution in [0.5, 0.6) is 0 Å². The molecule has 0 aromatic carbocycles. The van der Waals surface area contributed by atoms with Crippen molar-refractivity contribution in [2.24, 2.45) is 0 Å². The number of carbonyl (C=O) groups is 1. The Hall–Kier alpha value is -1.67. The first kappa shape index (κ1) is 9.87. The van der Waals surface area contributed by atoms with Crippen LogP contribution >= 0.6 is 12.6 Å². The van der Waals surface area contributed by atoms with Crippen molar-refractivity contribution >= 4 is 24.3 Å². The van der Waals surface area contributed by atoms with Crippen molar-refractivity contribution in [1.29, 1.82) is 0 Å². The van der Waals surface area contributed by atoms with Crippen molar-refractivity contribution in [1.82, 2.24) is 25.1 Å². The van der Waals surface area contributed by atoms with Gasteiger partial charge in [-0.1, -0.05) is 0 Å².